The number of hydrogen-bond acceptors (Lipinski definition) is 5. The lowest BCUT2D eigenvalue weighted by atomic mass is 10.2. The van der Waals surface area contributed by atoms with Crippen LogP contribution in [0.3, 0.4) is 0 Å². The summed E-state index contributed by atoms with van der Waals surface area (Å²) in [4.78, 5) is 26.0. The van der Waals surface area contributed by atoms with Crippen LogP contribution in [0, 0.1) is 0 Å². The number of carbonyl (C=O) groups excluding carboxylic acids is 2. The summed E-state index contributed by atoms with van der Waals surface area (Å²) in [6.07, 6.45) is 0.988. The molecule has 1 atom stereocenters. The van der Waals surface area contributed by atoms with Crippen molar-refractivity contribution >= 4 is 12.1 Å². The second-order valence-corrected chi connectivity index (χ2v) is 3.25. The van der Waals surface area contributed by atoms with Crippen LogP contribution in [0.4, 0.5) is 4.79 Å². The molecule has 1 rings (SSSR count). The lowest BCUT2D eigenvalue weighted by Crippen LogP contribution is -2.32. The average molecular weight is 238 g/mol. The van der Waals surface area contributed by atoms with E-state index in [2.05, 4.69) is 15.0 Å². The Morgan fingerprint density at radius 3 is 2.76 bits per heavy atom. The van der Waals surface area contributed by atoms with Crippen molar-refractivity contribution in [1.82, 2.24) is 10.3 Å². The van der Waals surface area contributed by atoms with Crippen LogP contribution in [-0.2, 0) is 14.3 Å². The number of nitrogens with one attached hydrogen (secondary N) is 1. The molecule has 0 aliphatic carbocycles. The molecule has 0 bridgehead atoms. The van der Waals surface area contributed by atoms with Gasteiger partial charge >= 0.3 is 12.1 Å². The first kappa shape index (κ1) is 13.0. The first-order valence-electron chi connectivity index (χ1n) is 5.02. The van der Waals surface area contributed by atoms with Crippen LogP contribution in [0.15, 0.2) is 24.4 Å². The second kappa shape index (κ2) is 6.47. The highest BCUT2D eigenvalue weighted by Crippen LogP contribution is 2.10. The lowest BCUT2D eigenvalue weighted by Gasteiger charge is -2.16. The van der Waals surface area contributed by atoms with E-state index in [0.29, 0.717) is 5.69 Å². The SMILES string of the molecule is COC(=O)NC(COC(C)=O)c1ccccn1. The molecule has 6 nitrogen and oxygen atoms in total. The molecule has 1 aromatic rings. The Morgan fingerprint density at radius 2 is 2.24 bits per heavy atom. The Labute approximate surface area is 98.9 Å². The number of alkyl carbamates (subject to hydrolysis) is 1. The zero-order chi connectivity index (χ0) is 12.7. The van der Waals surface area contributed by atoms with Crippen LogP contribution >= 0.6 is 0 Å². The van der Waals surface area contributed by atoms with Gasteiger partial charge in [-0.05, 0) is 12.1 Å². The molecule has 1 amide bonds. The minimum Gasteiger partial charge on any atom is -0.463 e. The van der Waals surface area contributed by atoms with Crippen LogP contribution in [-0.4, -0.2) is 30.8 Å². The number of hydrogen-bond donors (Lipinski definition) is 1. The molecule has 0 saturated carbocycles. The Morgan fingerprint density at radius 1 is 1.47 bits per heavy atom. The average Bonchev–Trinajstić information content (AvgIpc) is 2.35. The van der Waals surface area contributed by atoms with Gasteiger partial charge in [0.2, 0.25) is 0 Å². The van der Waals surface area contributed by atoms with Gasteiger partial charge < -0.3 is 14.8 Å². The summed E-state index contributed by atoms with van der Waals surface area (Å²) >= 11 is 0. The predicted molar refractivity (Wildman–Crippen MR) is 59.2 cm³/mol. The number of amides is 1. The standard InChI is InChI=1S/C11H14N2O4/c1-8(14)17-7-10(13-11(15)16-2)9-5-3-4-6-12-9/h3-6,10H,7H2,1-2H3,(H,13,15). The monoisotopic (exact) mass is 238 g/mol. The third-order valence-corrected chi connectivity index (χ3v) is 1.98. The summed E-state index contributed by atoms with van der Waals surface area (Å²) in [5, 5.41) is 2.54. The lowest BCUT2D eigenvalue weighted by molar-refractivity contribution is -0.141. The van der Waals surface area contributed by atoms with Gasteiger partial charge in [0.1, 0.15) is 12.6 Å². The first-order chi connectivity index (χ1) is 8.13. The van der Waals surface area contributed by atoms with Crippen molar-refractivity contribution in [3.8, 4) is 0 Å². The van der Waals surface area contributed by atoms with Crippen LogP contribution in [0.1, 0.15) is 18.7 Å². The Hall–Kier alpha value is -2.11. The largest absolute Gasteiger partial charge is 0.463 e. The number of ether oxygens (including phenoxy) is 2. The molecule has 0 fully saturated rings. The van der Waals surface area contributed by atoms with Crippen molar-refractivity contribution in [3.63, 3.8) is 0 Å². The van der Waals surface area contributed by atoms with Gasteiger partial charge in [0.25, 0.3) is 0 Å². The number of methoxy groups -OCH3 is 1. The van der Waals surface area contributed by atoms with E-state index in [0.717, 1.165) is 0 Å². The minimum atomic E-state index is -0.604. The molecular weight excluding hydrogens is 224 g/mol. The third-order valence-electron chi connectivity index (χ3n) is 1.98. The fraction of sp³-hybridized carbons (Fsp3) is 0.364. The fourth-order valence-electron chi connectivity index (χ4n) is 1.18. The fourth-order valence-corrected chi connectivity index (χ4v) is 1.18. The van der Waals surface area contributed by atoms with E-state index in [-0.39, 0.29) is 6.61 Å². The molecular formula is C11H14N2O4. The molecule has 0 aliphatic heterocycles. The predicted octanol–water partition coefficient (Wildman–Crippen LogP) is 1.04. The molecule has 1 unspecified atom stereocenters. The maximum absolute atomic E-state index is 11.1. The number of rotatable bonds is 4. The van der Waals surface area contributed by atoms with E-state index >= 15 is 0 Å². The van der Waals surface area contributed by atoms with E-state index in [1.165, 1.54) is 14.0 Å². The summed E-state index contributed by atoms with van der Waals surface area (Å²) in [7, 11) is 1.26. The van der Waals surface area contributed by atoms with Gasteiger partial charge in [0.05, 0.1) is 12.8 Å². The summed E-state index contributed by atoms with van der Waals surface area (Å²) < 4.78 is 9.35. The van der Waals surface area contributed by atoms with Gasteiger partial charge in [0.15, 0.2) is 0 Å². The van der Waals surface area contributed by atoms with Crippen LogP contribution in [0.5, 0.6) is 0 Å². The maximum Gasteiger partial charge on any atom is 0.407 e. The molecule has 17 heavy (non-hydrogen) atoms. The molecule has 1 aromatic heterocycles. The van der Waals surface area contributed by atoms with Crippen LogP contribution in [0.25, 0.3) is 0 Å². The van der Waals surface area contributed by atoms with Crippen molar-refractivity contribution in [3.05, 3.63) is 30.1 Å². The molecule has 0 spiro atoms. The van der Waals surface area contributed by atoms with Crippen molar-refractivity contribution in [2.45, 2.75) is 13.0 Å². The highest BCUT2D eigenvalue weighted by Gasteiger charge is 2.17. The molecule has 1 heterocycles. The zero-order valence-corrected chi connectivity index (χ0v) is 9.67. The summed E-state index contributed by atoms with van der Waals surface area (Å²) in [5.41, 5.74) is 0.596. The smallest absolute Gasteiger partial charge is 0.407 e. The van der Waals surface area contributed by atoms with Gasteiger partial charge in [-0.1, -0.05) is 6.07 Å². The van der Waals surface area contributed by atoms with Crippen LogP contribution in [0.2, 0.25) is 0 Å². The van der Waals surface area contributed by atoms with E-state index in [1.54, 1.807) is 24.4 Å². The Bertz CT molecular complexity index is 380. The van der Waals surface area contributed by atoms with Crippen molar-refractivity contribution in [2.75, 3.05) is 13.7 Å². The number of nitrogens with zero attached hydrogens (tertiary/aromatic N) is 1. The van der Waals surface area contributed by atoms with Gasteiger partial charge in [-0.25, -0.2) is 4.79 Å². The van der Waals surface area contributed by atoms with E-state index in [9.17, 15) is 9.59 Å². The zero-order valence-electron chi connectivity index (χ0n) is 9.67. The summed E-state index contributed by atoms with van der Waals surface area (Å²) in [5.74, 6) is -0.419. The summed E-state index contributed by atoms with van der Waals surface area (Å²) in [6.45, 7) is 1.31. The topological polar surface area (TPSA) is 77.5 Å². The minimum absolute atomic E-state index is 0.0153. The van der Waals surface area contributed by atoms with Gasteiger partial charge in [0, 0.05) is 13.1 Å². The first-order valence-corrected chi connectivity index (χ1v) is 5.02. The highest BCUT2D eigenvalue weighted by molar-refractivity contribution is 5.68. The molecule has 6 heteroatoms. The van der Waals surface area contributed by atoms with Crippen molar-refractivity contribution in [2.24, 2.45) is 0 Å². The van der Waals surface area contributed by atoms with Crippen LogP contribution < -0.4 is 5.32 Å². The molecule has 0 aliphatic rings. The van der Waals surface area contributed by atoms with Crippen molar-refractivity contribution < 1.29 is 19.1 Å². The molecule has 1 N–H and O–H groups in total. The third kappa shape index (κ3) is 4.50. The second-order valence-electron chi connectivity index (χ2n) is 3.25. The van der Waals surface area contributed by atoms with Gasteiger partial charge in [-0.2, -0.15) is 0 Å². The number of carbonyl (C=O) groups is 2. The molecule has 0 radical (unpaired) electrons. The molecule has 0 aromatic carbocycles. The number of esters is 1. The van der Waals surface area contributed by atoms with Gasteiger partial charge in [-0.3, -0.25) is 9.78 Å². The normalized spacial score (nSPS) is 11.4. The highest BCUT2D eigenvalue weighted by atomic mass is 16.5. The molecule has 0 saturated heterocycles. The Balaban J connectivity index is 2.71. The summed E-state index contributed by atoms with van der Waals surface area (Å²) in [6, 6.07) is 4.74. The molecule has 92 valence electrons. The van der Waals surface area contributed by atoms with E-state index in [4.69, 9.17) is 4.74 Å². The number of pyridine rings is 1. The van der Waals surface area contributed by atoms with Crippen molar-refractivity contribution in [1.29, 1.82) is 0 Å². The maximum atomic E-state index is 11.1. The van der Waals surface area contributed by atoms with Gasteiger partial charge in [-0.15, -0.1) is 0 Å². The van der Waals surface area contributed by atoms with E-state index < -0.39 is 18.1 Å². The number of aromatic nitrogens is 1. The Kier molecular flexibility index (Phi) is 4.93. The van der Waals surface area contributed by atoms with E-state index in [1.807, 2.05) is 0 Å². The quantitative estimate of drug-likeness (QED) is 0.793.